The van der Waals surface area contributed by atoms with Crippen LogP contribution < -0.4 is 4.31 Å². The van der Waals surface area contributed by atoms with Gasteiger partial charge in [0.05, 0.1) is 18.5 Å². The number of hydrogen-bond donors (Lipinski definition) is 0. The van der Waals surface area contributed by atoms with Crippen LogP contribution in [0.25, 0.3) is 0 Å². The highest BCUT2D eigenvalue weighted by Crippen LogP contribution is 2.23. The molecule has 7 heteroatoms. The van der Waals surface area contributed by atoms with Crippen molar-refractivity contribution in [3.63, 3.8) is 0 Å². The minimum absolute atomic E-state index is 0.0254. The third-order valence-corrected chi connectivity index (χ3v) is 6.13. The normalized spacial score (nSPS) is 17.4. The molecule has 0 aliphatic carbocycles. The molecule has 5 nitrogen and oxygen atoms in total. The van der Waals surface area contributed by atoms with E-state index >= 15 is 0 Å². The van der Waals surface area contributed by atoms with E-state index in [1.165, 1.54) is 16.4 Å². The van der Waals surface area contributed by atoms with E-state index in [1.807, 2.05) is 4.90 Å². The van der Waals surface area contributed by atoms with Gasteiger partial charge in [-0.2, -0.15) is 0 Å². The molecule has 1 heterocycles. The van der Waals surface area contributed by atoms with Crippen LogP contribution in [0.2, 0.25) is 0 Å². The third kappa shape index (κ3) is 4.90. The molecule has 2 aromatic rings. The van der Waals surface area contributed by atoms with Crippen molar-refractivity contribution in [2.45, 2.75) is 26.3 Å². The van der Waals surface area contributed by atoms with E-state index in [0.29, 0.717) is 22.7 Å². The largest absolute Gasteiger partial charge is 0.338 e. The maximum absolute atomic E-state index is 13.1. The molecule has 1 aliphatic heterocycles. The molecule has 0 radical (unpaired) electrons. The zero-order chi connectivity index (χ0) is 20.3. The van der Waals surface area contributed by atoms with E-state index < -0.39 is 10.0 Å². The number of hydrogen-bond acceptors (Lipinski definition) is 3. The first-order chi connectivity index (χ1) is 13.2. The van der Waals surface area contributed by atoms with Gasteiger partial charge >= 0.3 is 0 Å². The van der Waals surface area contributed by atoms with E-state index in [1.54, 1.807) is 36.4 Å². The Labute approximate surface area is 165 Å². The van der Waals surface area contributed by atoms with Crippen LogP contribution in [0.3, 0.4) is 0 Å². The number of carbonyl (C=O) groups is 1. The number of amides is 1. The maximum atomic E-state index is 13.1. The molecule has 28 heavy (non-hydrogen) atoms. The third-order valence-electron chi connectivity index (χ3n) is 4.99. The highest BCUT2D eigenvalue weighted by Gasteiger charge is 2.23. The molecule has 1 atom stereocenters. The Morgan fingerprint density at radius 1 is 1.14 bits per heavy atom. The lowest BCUT2D eigenvalue weighted by molar-refractivity contribution is 0.0683. The first-order valence-electron chi connectivity index (χ1n) is 9.35. The summed E-state index contributed by atoms with van der Waals surface area (Å²) in [7, 11) is -3.54. The minimum atomic E-state index is -3.54. The van der Waals surface area contributed by atoms with Crippen molar-refractivity contribution in [3.8, 4) is 0 Å². The molecule has 1 amide bonds. The van der Waals surface area contributed by atoms with Crippen molar-refractivity contribution in [2.24, 2.45) is 5.92 Å². The van der Waals surface area contributed by atoms with Gasteiger partial charge in [0.2, 0.25) is 10.0 Å². The Morgan fingerprint density at radius 2 is 1.79 bits per heavy atom. The standard InChI is InChI=1S/C21H25FN2O3S/c1-16-4-3-13-23(14-16)21(25)18-7-11-20(12-8-18)24(28(2,26)27)15-17-5-9-19(22)10-6-17/h5-12,16H,3-4,13-15H2,1-2H3/t16-/m0/s1. The van der Waals surface area contributed by atoms with Crippen LogP contribution in [0.1, 0.15) is 35.7 Å². The summed E-state index contributed by atoms with van der Waals surface area (Å²) < 4.78 is 38.9. The van der Waals surface area contributed by atoms with Crippen LogP contribution >= 0.6 is 0 Å². The number of anilines is 1. The van der Waals surface area contributed by atoms with Gasteiger partial charge in [0.1, 0.15) is 5.82 Å². The summed E-state index contributed by atoms with van der Waals surface area (Å²) in [6.45, 7) is 3.74. The molecule has 0 saturated carbocycles. The fourth-order valence-corrected chi connectivity index (χ4v) is 4.37. The van der Waals surface area contributed by atoms with Crippen molar-refractivity contribution in [1.82, 2.24) is 4.90 Å². The van der Waals surface area contributed by atoms with Gasteiger partial charge in [-0.05, 0) is 60.7 Å². The number of sulfonamides is 1. The lowest BCUT2D eigenvalue weighted by Gasteiger charge is -2.31. The Morgan fingerprint density at radius 3 is 2.36 bits per heavy atom. The molecule has 0 unspecified atom stereocenters. The number of piperidine rings is 1. The predicted molar refractivity (Wildman–Crippen MR) is 108 cm³/mol. The summed E-state index contributed by atoms with van der Waals surface area (Å²) in [6.07, 6.45) is 3.27. The van der Waals surface area contributed by atoms with Crippen LogP contribution in [0, 0.1) is 11.7 Å². The summed E-state index contributed by atoms with van der Waals surface area (Å²) in [4.78, 5) is 14.6. The van der Waals surface area contributed by atoms with Crippen molar-refractivity contribution >= 4 is 21.6 Å². The number of carbonyl (C=O) groups excluding carboxylic acids is 1. The van der Waals surface area contributed by atoms with Crippen molar-refractivity contribution in [1.29, 1.82) is 0 Å². The average molecular weight is 405 g/mol. The molecule has 1 aliphatic rings. The fraction of sp³-hybridized carbons (Fsp3) is 0.381. The summed E-state index contributed by atoms with van der Waals surface area (Å²) in [5, 5.41) is 0. The second-order valence-electron chi connectivity index (χ2n) is 7.44. The molecule has 150 valence electrons. The number of benzene rings is 2. The lowest BCUT2D eigenvalue weighted by atomic mass is 9.99. The highest BCUT2D eigenvalue weighted by molar-refractivity contribution is 7.92. The van der Waals surface area contributed by atoms with Gasteiger partial charge in [-0.1, -0.05) is 19.1 Å². The molecule has 0 spiro atoms. The lowest BCUT2D eigenvalue weighted by Crippen LogP contribution is -2.39. The Kier molecular flexibility index (Phi) is 6.03. The highest BCUT2D eigenvalue weighted by atomic mass is 32.2. The number of nitrogens with zero attached hydrogens (tertiary/aromatic N) is 2. The van der Waals surface area contributed by atoms with Crippen molar-refractivity contribution in [2.75, 3.05) is 23.7 Å². The molecule has 1 fully saturated rings. The summed E-state index contributed by atoms with van der Waals surface area (Å²) in [5.74, 6) is 0.0977. The molecule has 3 rings (SSSR count). The van der Waals surface area contributed by atoms with Crippen LogP contribution in [0.4, 0.5) is 10.1 Å². The second kappa shape index (κ2) is 8.31. The van der Waals surface area contributed by atoms with Gasteiger partial charge < -0.3 is 4.90 Å². The Bertz CT molecular complexity index is 927. The predicted octanol–water partition coefficient (Wildman–Crippen LogP) is 3.66. The van der Waals surface area contributed by atoms with Gasteiger partial charge in [-0.3, -0.25) is 9.10 Å². The molecule has 0 bridgehead atoms. The van der Waals surface area contributed by atoms with Gasteiger partial charge in [0.25, 0.3) is 5.91 Å². The van der Waals surface area contributed by atoms with Gasteiger partial charge in [0.15, 0.2) is 0 Å². The van der Waals surface area contributed by atoms with Crippen molar-refractivity contribution in [3.05, 3.63) is 65.5 Å². The van der Waals surface area contributed by atoms with E-state index in [-0.39, 0.29) is 18.3 Å². The zero-order valence-electron chi connectivity index (χ0n) is 16.1. The second-order valence-corrected chi connectivity index (χ2v) is 9.35. The maximum Gasteiger partial charge on any atom is 0.253 e. The van der Waals surface area contributed by atoms with Gasteiger partial charge in [-0.25, -0.2) is 12.8 Å². The quantitative estimate of drug-likeness (QED) is 0.764. The molecule has 2 aromatic carbocycles. The number of halogens is 1. The SMILES string of the molecule is C[C@H]1CCCN(C(=O)c2ccc(N(Cc3ccc(F)cc3)S(C)(=O)=O)cc2)C1. The van der Waals surface area contributed by atoms with Crippen molar-refractivity contribution < 1.29 is 17.6 Å². The van der Waals surface area contributed by atoms with Gasteiger partial charge in [0, 0.05) is 18.7 Å². The Balaban J connectivity index is 1.80. The smallest absolute Gasteiger partial charge is 0.253 e. The Hall–Kier alpha value is -2.41. The first kappa shape index (κ1) is 20.3. The van der Waals surface area contributed by atoms with E-state index in [4.69, 9.17) is 0 Å². The average Bonchev–Trinajstić information content (AvgIpc) is 2.66. The molecule has 1 saturated heterocycles. The minimum Gasteiger partial charge on any atom is -0.338 e. The first-order valence-corrected chi connectivity index (χ1v) is 11.2. The molecule has 0 N–H and O–H groups in total. The summed E-state index contributed by atoms with van der Waals surface area (Å²) in [6, 6.07) is 12.3. The molecule has 0 aromatic heterocycles. The zero-order valence-corrected chi connectivity index (χ0v) is 17.0. The van der Waals surface area contributed by atoms with E-state index in [2.05, 4.69) is 6.92 Å². The number of likely N-dealkylation sites (tertiary alicyclic amines) is 1. The van der Waals surface area contributed by atoms with E-state index in [0.717, 1.165) is 32.2 Å². The van der Waals surface area contributed by atoms with Crippen LogP contribution in [0.15, 0.2) is 48.5 Å². The van der Waals surface area contributed by atoms with Crippen LogP contribution in [0.5, 0.6) is 0 Å². The molecular weight excluding hydrogens is 379 g/mol. The fourth-order valence-electron chi connectivity index (χ4n) is 3.48. The summed E-state index contributed by atoms with van der Waals surface area (Å²) >= 11 is 0. The number of rotatable bonds is 5. The van der Waals surface area contributed by atoms with Gasteiger partial charge in [-0.15, -0.1) is 0 Å². The van der Waals surface area contributed by atoms with Crippen LogP contribution in [-0.4, -0.2) is 38.6 Å². The monoisotopic (exact) mass is 404 g/mol. The van der Waals surface area contributed by atoms with E-state index in [9.17, 15) is 17.6 Å². The topological polar surface area (TPSA) is 57.7 Å². The summed E-state index contributed by atoms with van der Waals surface area (Å²) in [5.41, 5.74) is 1.69. The van der Waals surface area contributed by atoms with Crippen LogP contribution in [-0.2, 0) is 16.6 Å². The molecular formula is C21H25FN2O3S.